The van der Waals surface area contributed by atoms with Crippen molar-refractivity contribution in [3.8, 4) is 0 Å². The maximum absolute atomic E-state index is 13.1. The van der Waals surface area contributed by atoms with Crippen molar-refractivity contribution >= 4 is 6.03 Å². The lowest BCUT2D eigenvalue weighted by molar-refractivity contribution is 0.185. The lowest BCUT2D eigenvalue weighted by atomic mass is 9.94. The minimum Gasteiger partial charge on any atom is -0.392 e. The normalized spacial score (nSPS) is 12.9. The SMILES string of the molecule is CC(O)CNC(=O)NC(C)(C)c1cccc(F)c1. The summed E-state index contributed by atoms with van der Waals surface area (Å²) in [6, 6.07) is 5.69. The monoisotopic (exact) mass is 254 g/mol. The molecule has 5 heteroatoms. The smallest absolute Gasteiger partial charge is 0.315 e. The van der Waals surface area contributed by atoms with Crippen molar-refractivity contribution < 1.29 is 14.3 Å². The molecule has 1 unspecified atom stereocenters. The zero-order valence-electron chi connectivity index (χ0n) is 10.8. The third-order valence-electron chi connectivity index (χ3n) is 2.53. The van der Waals surface area contributed by atoms with E-state index in [2.05, 4.69) is 10.6 Å². The van der Waals surface area contributed by atoms with E-state index < -0.39 is 17.7 Å². The van der Waals surface area contributed by atoms with Gasteiger partial charge in [0.1, 0.15) is 5.82 Å². The molecule has 0 fully saturated rings. The Kier molecular flexibility index (Phi) is 4.67. The fourth-order valence-corrected chi connectivity index (χ4v) is 1.52. The molecule has 0 spiro atoms. The predicted octanol–water partition coefficient (Wildman–Crippen LogP) is 1.74. The van der Waals surface area contributed by atoms with Crippen molar-refractivity contribution in [3.63, 3.8) is 0 Å². The molecule has 0 radical (unpaired) electrons. The number of carbonyl (C=O) groups is 1. The highest BCUT2D eigenvalue weighted by Crippen LogP contribution is 2.20. The van der Waals surface area contributed by atoms with Gasteiger partial charge in [-0.05, 0) is 38.5 Å². The fourth-order valence-electron chi connectivity index (χ4n) is 1.52. The Bertz CT molecular complexity index is 419. The van der Waals surface area contributed by atoms with Crippen LogP contribution in [0.25, 0.3) is 0 Å². The Morgan fingerprint density at radius 1 is 1.50 bits per heavy atom. The number of hydrogen-bond acceptors (Lipinski definition) is 2. The average molecular weight is 254 g/mol. The molecule has 2 amide bonds. The van der Waals surface area contributed by atoms with Gasteiger partial charge in [0.15, 0.2) is 0 Å². The first-order valence-electron chi connectivity index (χ1n) is 5.81. The van der Waals surface area contributed by atoms with Crippen LogP contribution in [0, 0.1) is 5.82 Å². The number of aliphatic hydroxyl groups is 1. The number of rotatable bonds is 4. The standard InChI is InChI=1S/C13H19FN2O2/c1-9(17)8-15-12(18)16-13(2,3)10-5-4-6-11(14)7-10/h4-7,9,17H,8H2,1-3H3,(H2,15,16,18). The highest BCUT2D eigenvalue weighted by atomic mass is 19.1. The highest BCUT2D eigenvalue weighted by Gasteiger charge is 2.23. The van der Waals surface area contributed by atoms with E-state index in [1.165, 1.54) is 12.1 Å². The van der Waals surface area contributed by atoms with Gasteiger partial charge in [-0.3, -0.25) is 0 Å². The van der Waals surface area contributed by atoms with E-state index in [0.717, 1.165) is 0 Å². The molecule has 0 saturated heterocycles. The molecule has 1 atom stereocenters. The Balaban J connectivity index is 2.67. The summed E-state index contributed by atoms with van der Waals surface area (Å²) >= 11 is 0. The molecule has 0 aromatic heterocycles. The second-order valence-corrected chi connectivity index (χ2v) is 4.82. The van der Waals surface area contributed by atoms with Gasteiger partial charge in [-0.25, -0.2) is 9.18 Å². The van der Waals surface area contributed by atoms with Crippen molar-refractivity contribution in [2.24, 2.45) is 0 Å². The second kappa shape index (κ2) is 5.82. The molecule has 100 valence electrons. The second-order valence-electron chi connectivity index (χ2n) is 4.82. The van der Waals surface area contributed by atoms with Crippen LogP contribution in [0.1, 0.15) is 26.3 Å². The molecule has 0 aliphatic heterocycles. The summed E-state index contributed by atoms with van der Waals surface area (Å²) in [5.41, 5.74) is -0.0140. The summed E-state index contributed by atoms with van der Waals surface area (Å²) in [5.74, 6) is -0.341. The maximum atomic E-state index is 13.1. The molecule has 18 heavy (non-hydrogen) atoms. The maximum Gasteiger partial charge on any atom is 0.315 e. The van der Waals surface area contributed by atoms with Crippen LogP contribution in [0.2, 0.25) is 0 Å². The van der Waals surface area contributed by atoms with Gasteiger partial charge in [0.25, 0.3) is 0 Å². The lowest BCUT2D eigenvalue weighted by Crippen LogP contribution is -2.47. The Morgan fingerprint density at radius 2 is 2.17 bits per heavy atom. The van der Waals surface area contributed by atoms with Gasteiger partial charge in [0.05, 0.1) is 11.6 Å². The van der Waals surface area contributed by atoms with Gasteiger partial charge in [-0.15, -0.1) is 0 Å². The van der Waals surface area contributed by atoms with Crippen molar-refractivity contribution in [1.29, 1.82) is 0 Å². The molecule has 1 rings (SSSR count). The first-order valence-corrected chi connectivity index (χ1v) is 5.81. The molecule has 0 aliphatic carbocycles. The quantitative estimate of drug-likeness (QED) is 0.766. The van der Waals surface area contributed by atoms with Gasteiger partial charge in [0, 0.05) is 6.54 Å². The number of nitrogens with one attached hydrogen (secondary N) is 2. The van der Waals surface area contributed by atoms with E-state index in [0.29, 0.717) is 5.56 Å². The van der Waals surface area contributed by atoms with Crippen molar-refractivity contribution in [2.45, 2.75) is 32.4 Å². The minimum atomic E-state index is -0.690. The lowest BCUT2D eigenvalue weighted by Gasteiger charge is -2.27. The predicted molar refractivity (Wildman–Crippen MR) is 67.6 cm³/mol. The summed E-state index contributed by atoms with van der Waals surface area (Å²) in [4.78, 5) is 11.6. The van der Waals surface area contributed by atoms with Crippen LogP contribution in [0.5, 0.6) is 0 Å². The van der Waals surface area contributed by atoms with Crippen molar-refractivity contribution in [1.82, 2.24) is 10.6 Å². The number of halogens is 1. The zero-order chi connectivity index (χ0) is 13.8. The molecular weight excluding hydrogens is 235 g/mol. The van der Waals surface area contributed by atoms with Crippen LogP contribution < -0.4 is 10.6 Å². The number of urea groups is 1. The number of aliphatic hydroxyl groups excluding tert-OH is 1. The zero-order valence-corrected chi connectivity index (χ0v) is 10.8. The molecule has 3 N–H and O–H groups in total. The largest absolute Gasteiger partial charge is 0.392 e. The Hall–Kier alpha value is -1.62. The summed E-state index contributed by atoms with van der Waals surface area (Å²) in [6.07, 6.45) is -0.604. The first-order chi connectivity index (χ1) is 8.31. The third-order valence-corrected chi connectivity index (χ3v) is 2.53. The van der Waals surface area contributed by atoms with E-state index in [-0.39, 0.29) is 12.4 Å². The van der Waals surface area contributed by atoms with Gasteiger partial charge >= 0.3 is 6.03 Å². The van der Waals surface area contributed by atoms with Gasteiger partial charge in [-0.2, -0.15) is 0 Å². The van der Waals surface area contributed by atoms with E-state index in [1.54, 1.807) is 32.9 Å². The van der Waals surface area contributed by atoms with Gasteiger partial charge in [-0.1, -0.05) is 12.1 Å². The summed E-state index contributed by atoms with van der Waals surface area (Å²) < 4.78 is 13.1. The van der Waals surface area contributed by atoms with Gasteiger partial charge in [0.2, 0.25) is 0 Å². The topological polar surface area (TPSA) is 61.4 Å². The Labute approximate surface area is 106 Å². The Morgan fingerprint density at radius 3 is 2.72 bits per heavy atom. The molecular formula is C13H19FN2O2. The van der Waals surface area contributed by atoms with Crippen LogP contribution in [-0.2, 0) is 5.54 Å². The molecule has 4 nitrogen and oxygen atoms in total. The van der Waals surface area contributed by atoms with E-state index in [1.807, 2.05) is 0 Å². The summed E-state index contributed by atoms with van der Waals surface area (Å²) in [7, 11) is 0. The van der Waals surface area contributed by atoms with Crippen molar-refractivity contribution in [2.75, 3.05) is 6.54 Å². The molecule has 0 aliphatic rings. The number of carbonyl (C=O) groups excluding carboxylic acids is 1. The van der Waals surface area contributed by atoms with Crippen LogP contribution >= 0.6 is 0 Å². The average Bonchev–Trinajstić information content (AvgIpc) is 2.26. The summed E-state index contributed by atoms with van der Waals surface area (Å²) in [6.45, 7) is 5.32. The fraction of sp³-hybridized carbons (Fsp3) is 0.462. The van der Waals surface area contributed by atoms with Crippen LogP contribution in [0.15, 0.2) is 24.3 Å². The molecule has 0 saturated carbocycles. The molecule has 1 aromatic carbocycles. The van der Waals surface area contributed by atoms with E-state index in [9.17, 15) is 9.18 Å². The first kappa shape index (κ1) is 14.4. The van der Waals surface area contributed by atoms with E-state index in [4.69, 9.17) is 5.11 Å². The number of benzene rings is 1. The van der Waals surface area contributed by atoms with Crippen molar-refractivity contribution in [3.05, 3.63) is 35.6 Å². The minimum absolute atomic E-state index is 0.172. The molecule has 0 heterocycles. The third kappa shape index (κ3) is 4.33. The number of hydrogen-bond donors (Lipinski definition) is 3. The van der Waals surface area contributed by atoms with Crippen LogP contribution in [0.4, 0.5) is 9.18 Å². The van der Waals surface area contributed by atoms with Crippen LogP contribution in [-0.4, -0.2) is 23.8 Å². The van der Waals surface area contributed by atoms with Crippen LogP contribution in [0.3, 0.4) is 0 Å². The van der Waals surface area contributed by atoms with Gasteiger partial charge < -0.3 is 15.7 Å². The molecule has 0 bridgehead atoms. The van der Waals surface area contributed by atoms with E-state index >= 15 is 0 Å². The highest BCUT2D eigenvalue weighted by molar-refractivity contribution is 5.75. The summed E-state index contributed by atoms with van der Waals surface area (Å²) in [5, 5.41) is 14.3. The molecule has 1 aromatic rings. The number of amides is 2.